The number of nitrogens with one attached hydrogen (secondary N) is 1. The highest BCUT2D eigenvalue weighted by Crippen LogP contribution is 2.08. The summed E-state index contributed by atoms with van der Waals surface area (Å²) in [6, 6.07) is 0. The fourth-order valence-electron chi connectivity index (χ4n) is 1.06. The Balaban J connectivity index is 2.80. The van der Waals surface area contributed by atoms with Crippen LogP contribution in [0.1, 0.15) is 0 Å². The summed E-state index contributed by atoms with van der Waals surface area (Å²) < 4.78 is 1.84. The third-order valence-corrected chi connectivity index (χ3v) is 1.95. The van der Waals surface area contributed by atoms with E-state index in [1.807, 2.05) is 4.57 Å². The number of H-pyrrole nitrogens is 1. The number of nitrogen functional groups attached to an aromatic ring is 1. The molecule has 62 valence electrons. The molecule has 12 heavy (non-hydrogen) atoms. The average Bonchev–Trinajstić information content (AvgIpc) is 2.49. The number of aromatic amines is 1. The third-order valence-electron chi connectivity index (χ3n) is 1.65. The van der Waals surface area contributed by atoms with Crippen molar-refractivity contribution >= 4 is 29.6 Å². The van der Waals surface area contributed by atoms with Crippen molar-refractivity contribution in [2.75, 3.05) is 5.73 Å². The van der Waals surface area contributed by atoms with Crippen molar-refractivity contribution in [2.45, 2.75) is 5.88 Å². The molecule has 0 aliphatic carbocycles. The highest BCUT2D eigenvalue weighted by molar-refractivity contribution is 7.78. The van der Waals surface area contributed by atoms with Gasteiger partial charge in [0.25, 0.3) is 0 Å². The van der Waals surface area contributed by atoms with E-state index in [4.69, 9.17) is 5.73 Å². The van der Waals surface area contributed by atoms with Crippen LogP contribution in [0, 0.1) is 0 Å². The molecule has 0 aliphatic rings. The molecule has 0 unspecified atom stereocenters. The van der Waals surface area contributed by atoms with E-state index in [9.17, 15) is 0 Å². The van der Waals surface area contributed by atoms with Gasteiger partial charge in [0, 0.05) is 0 Å². The molecule has 2 aromatic rings. The summed E-state index contributed by atoms with van der Waals surface area (Å²) >= 11 is 4.13. The Morgan fingerprint density at radius 1 is 1.58 bits per heavy atom. The van der Waals surface area contributed by atoms with Crippen molar-refractivity contribution < 1.29 is 4.57 Å². The number of hydrogen-bond acceptors (Lipinski definition) is 4. The van der Waals surface area contributed by atoms with Crippen LogP contribution in [0.4, 0.5) is 5.82 Å². The molecule has 3 N–H and O–H groups in total. The normalized spacial score (nSPS) is 10.8. The second-order valence-electron chi connectivity index (χ2n) is 2.34. The summed E-state index contributed by atoms with van der Waals surface area (Å²) in [5.41, 5.74) is 7.14. The number of imidazole rings is 1. The maximum atomic E-state index is 5.60. The van der Waals surface area contributed by atoms with Crippen molar-refractivity contribution in [2.24, 2.45) is 0 Å². The minimum atomic E-state index is 0.459. The number of aromatic nitrogens is 4. The van der Waals surface area contributed by atoms with Crippen LogP contribution in [0.2, 0.25) is 0 Å². The lowest BCUT2D eigenvalue weighted by Gasteiger charge is -1.88. The van der Waals surface area contributed by atoms with E-state index in [1.54, 1.807) is 6.33 Å². The molecule has 6 heteroatoms. The molecule has 0 saturated carbocycles. The van der Waals surface area contributed by atoms with Crippen molar-refractivity contribution in [1.82, 2.24) is 15.0 Å². The first kappa shape index (κ1) is 7.35. The third kappa shape index (κ3) is 0.918. The molecular weight excluding hydrogens is 174 g/mol. The predicted octanol–water partition coefficient (Wildman–Crippen LogP) is -0.285. The summed E-state index contributed by atoms with van der Waals surface area (Å²) in [5, 5.41) is 0. The van der Waals surface area contributed by atoms with Gasteiger partial charge in [0.2, 0.25) is 5.52 Å². The van der Waals surface area contributed by atoms with E-state index < -0.39 is 0 Å². The Bertz CT molecular complexity index is 409. The van der Waals surface area contributed by atoms with Crippen molar-refractivity contribution in [3.8, 4) is 0 Å². The zero-order valence-corrected chi connectivity index (χ0v) is 7.12. The smallest absolute Gasteiger partial charge is 0.307 e. The molecule has 0 spiro atoms. The van der Waals surface area contributed by atoms with Gasteiger partial charge < -0.3 is 5.73 Å². The molecule has 2 rings (SSSR count). The van der Waals surface area contributed by atoms with Gasteiger partial charge in [-0.2, -0.15) is 4.98 Å². The average molecular weight is 182 g/mol. The summed E-state index contributed by atoms with van der Waals surface area (Å²) in [4.78, 5) is 10.9. The number of nitrogens with zero attached hydrogens (tertiary/aromatic N) is 3. The van der Waals surface area contributed by atoms with Crippen LogP contribution in [0.3, 0.4) is 0 Å². The Hall–Kier alpha value is -1.30. The Morgan fingerprint density at radius 2 is 2.42 bits per heavy atom. The van der Waals surface area contributed by atoms with E-state index in [2.05, 4.69) is 27.6 Å². The predicted molar refractivity (Wildman–Crippen MR) is 47.5 cm³/mol. The second kappa shape index (κ2) is 2.63. The molecular formula is C6H8N5S+. The quantitative estimate of drug-likeness (QED) is 0.419. The van der Waals surface area contributed by atoms with Crippen LogP contribution in [0.5, 0.6) is 0 Å². The summed E-state index contributed by atoms with van der Waals surface area (Å²) in [6.07, 6.45) is 3.20. The van der Waals surface area contributed by atoms with Crippen molar-refractivity contribution in [3.05, 3.63) is 12.7 Å². The summed E-state index contributed by atoms with van der Waals surface area (Å²) in [7, 11) is 0. The minimum Gasteiger partial charge on any atom is -0.380 e. The standard InChI is InChI=1S/C6H7N5S/c7-5-4-6(9-1-8-5)11(3-12)2-10-4/h1-2H,3H2,(H3,7,8,9,12)/p+1. The zero-order valence-electron chi connectivity index (χ0n) is 6.23. The number of thiol groups is 1. The second-order valence-corrected chi connectivity index (χ2v) is 2.63. The topological polar surface area (TPSA) is 71.5 Å². The summed E-state index contributed by atoms with van der Waals surface area (Å²) in [6.45, 7) is 0. The lowest BCUT2D eigenvalue weighted by atomic mass is 10.5. The number of nitrogens with two attached hydrogens (primary N) is 1. The SMILES string of the molecule is Nc1ncnc2c1[nH]c[n+]2CS. The Kier molecular flexibility index (Phi) is 1.61. The molecule has 0 amide bonds. The molecule has 0 atom stereocenters. The van der Waals surface area contributed by atoms with Gasteiger partial charge >= 0.3 is 5.65 Å². The van der Waals surface area contributed by atoms with Gasteiger partial charge in [-0.05, 0) is 0 Å². The first-order valence-corrected chi connectivity index (χ1v) is 4.04. The van der Waals surface area contributed by atoms with Gasteiger partial charge in [0.15, 0.2) is 18.5 Å². The molecule has 0 aromatic carbocycles. The number of hydrogen-bond donors (Lipinski definition) is 3. The van der Waals surface area contributed by atoms with Gasteiger partial charge in [-0.25, -0.2) is 4.57 Å². The lowest BCUT2D eigenvalue weighted by molar-refractivity contribution is -0.650. The zero-order chi connectivity index (χ0) is 8.55. The molecule has 2 aromatic heterocycles. The van der Waals surface area contributed by atoms with Crippen LogP contribution in [-0.4, -0.2) is 15.0 Å². The fraction of sp³-hybridized carbons (Fsp3) is 0.167. The monoisotopic (exact) mass is 182 g/mol. The van der Waals surface area contributed by atoms with Crippen LogP contribution >= 0.6 is 12.6 Å². The maximum absolute atomic E-state index is 5.60. The first-order chi connectivity index (χ1) is 5.83. The van der Waals surface area contributed by atoms with E-state index in [0.29, 0.717) is 11.7 Å². The van der Waals surface area contributed by atoms with E-state index in [-0.39, 0.29) is 0 Å². The van der Waals surface area contributed by atoms with Crippen LogP contribution in [0.15, 0.2) is 12.7 Å². The number of rotatable bonds is 1. The molecule has 0 fully saturated rings. The van der Waals surface area contributed by atoms with Gasteiger partial charge in [-0.1, -0.05) is 4.98 Å². The van der Waals surface area contributed by atoms with E-state index >= 15 is 0 Å². The minimum absolute atomic E-state index is 0.459. The molecule has 0 aliphatic heterocycles. The van der Waals surface area contributed by atoms with Gasteiger partial charge in [0.1, 0.15) is 5.88 Å². The van der Waals surface area contributed by atoms with E-state index in [0.717, 1.165) is 11.2 Å². The van der Waals surface area contributed by atoms with Crippen molar-refractivity contribution in [3.63, 3.8) is 0 Å². The van der Waals surface area contributed by atoms with Crippen molar-refractivity contribution in [1.29, 1.82) is 0 Å². The van der Waals surface area contributed by atoms with Gasteiger partial charge in [-0.15, -0.1) is 12.6 Å². The van der Waals surface area contributed by atoms with Gasteiger partial charge in [-0.3, -0.25) is 4.98 Å². The highest BCUT2D eigenvalue weighted by atomic mass is 32.1. The highest BCUT2D eigenvalue weighted by Gasteiger charge is 2.12. The van der Waals surface area contributed by atoms with Gasteiger partial charge in [0.05, 0.1) is 0 Å². The molecule has 0 saturated heterocycles. The summed E-state index contributed by atoms with van der Waals surface area (Å²) in [5.74, 6) is 1.02. The maximum Gasteiger partial charge on any atom is 0.307 e. The van der Waals surface area contributed by atoms with Crippen LogP contribution in [-0.2, 0) is 5.88 Å². The molecule has 5 nitrogen and oxygen atoms in total. The lowest BCUT2D eigenvalue weighted by Crippen LogP contribution is -2.29. The largest absolute Gasteiger partial charge is 0.380 e. The van der Waals surface area contributed by atoms with Crippen LogP contribution in [0.25, 0.3) is 11.2 Å². The van der Waals surface area contributed by atoms with Crippen LogP contribution < -0.4 is 10.3 Å². The molecule has 0 radical (unpaired) electrons. The Morgan fingerprint density at radius 3 is 3.17 bits per heavy atom. The Labute approximate surface area is 74.1 Å². The molecule has 2 heterocycles. The van der Waals surface area contributed by atoms with E-state index in [1.165, 1.54) is 6.33 Å². The molecule has 0 bridgehead atoms. The number of fused-ring (bicyclic) bond motifs is 1. The number of anilines is 1. The fourth-order valence-corrected chi connectivity index (χ4v) is 1.27. The first-order valence-electron chi connectivity index (χ1n) is 3.41.